The molecule has 0 atom stereocenters. The van der Waals surface area contributed by atoms with Gasteiger partial charge in [0.2, 0.25) is 0 Å². The SMILES string of the molecule is COCCNC(=O)c1cnc(N)c(-c2nc3ccc(C)cc3[nH]2)n1. The average molecular weight is 326 g/mol. The average Bonchev–Trinajstić information content (AvgIpc) is 2.98. The van der Waals surface area contributed by atoms with Crippen molar-refractivity contribution in [3.05, 3.63) is 35.7 Å². The first kappa shape index (κ1) is 15.9. The lowest BCUT2D eigenvalue weighted by Crippen LogP contribution is -2.28. The number of aromatic amines is 1. The molecule has 2 heterocycles. The third-order valence-electron chi connectivity index (χ3n) is 3.49. The number of amides is 1. The fourth-order valence-corrected chi connectivity index (χ4v) is 2.27. The lowest BCUT2D eigenvalue weighted by Gasteiger charge is -2.06. The van der Waals surface area contributed by atoms with Crippen LogP contribution in [0.2, 0.25) is 0 Å². The second-order valence-electron chi connectivity index (χ2n) is 5.34. The number of benzene rings is 1. The van der Waals surface area contributed by atoms with Gasteiger partial charge in [-0.15, -0.1) is 0 Å². The highest BCUT2D eigenvalue weighted by Gasteiger charge is 2.15. The molecule has 0 unspecified atom stereocenters. The number of anilines is 1. The molecule has 0 aliphatic carbocycles. The zero-order chi connectivity index (χ0) is 17.1. The molecule has 2 aromatic heterocycles. The zero-order valence-corrected chi connectivity index (χ0v) is 13.5. The van der Waals surface area contributed by atoms with Gasteiger partial charge in [-0.2, -0.15) is 0 Å². The van der Waals surface area contributed by atoms with E-state index < -0.39 is 0 Å². The molecule has 1 amide bonds. The standard InChI is InChI=1S/C16H18N6O2/c1-9-3-4-10-11(7-9)22-15(21-10)13-14(17)19-8-12(20-13)16(23)18-5-6-24-2/h3-4,7-8H,5-6H2,1-2H3,(H2,17,19)(H,18,23)(H,21,22). The summed E-state index contributed by atoms with van der Waals surface area (Å²) in [6.45, 7) is 2.81. The molecule has 4 N–H and O–H groups in total. The third kappa shape index (κ3) is 3.18. The number of hydrogen-bond acceptors (Lipinski definition) is 6. The normalized spacial score (nSPS) is 10.9. The Bertz CT molecular complexity index is 889. The van der Waals surface area contributed by atoms with Gasteiger partial charge in [0.1, 0.15) is 11.4 Å². The Morgan fingerprint density at radius 2 is 2.21 bits per heavy atom. The van der Waals surface area contributed by atoms with Crippen LogP contribution >= 0.6 is 0 Å². The Morgan fingerprint density at radius 1 is 1.38 bits per heavy atom. The molecular weight excluding hydrogens is 308 g/mol. The number of aromatic nitrogens is 4. The Labute approximate surface area is 138 Å². The van der Waals surface area contributed by atoms with Crippen LogP contribution in [0.5, 0.6) is 0 Å². The third-order valence-corrected chi connectivity index (χ3v) is 3.49. The van der Waals surface area contributed by atoms with Gasteiger partial charge < -0.3 is 20.8 Å². The van der Waals surface area contributed by atoms with E-state index in [4.69, 9.17) is 10.5 Å². The molecule has 124 valence electrons. The number of hydrogen-bond donors (Lipinski definition) is 3. The van der Waals surface area contributed by atoms with E-state index in [1.165, 1.54) is 6.20 Å². The molecule has 0 aliphatic heterocycles. The van der Waals surface area contributed by atoms with Crippen molar-refractivity contribution in [1.29, 1.82) is 0 Å². The van der Waals surface area contributed by atoms with E-state index in [2.05, 4.69) is 25.3 Å². The first-order chi connectivity index (χ1) is 11.6. The zero-order valence-electron chi connectivity index (χ0n) is 13.5. The number of H-pyrrole nitrogens is 1. The summed E-state index contributed by atoms with van der Waals surface area (Å²) >= 11 is 0. The molecule has 3 rings (SSSR count). The van der Waals surface area contributed by atoms with Crippen LogP contribution in [0, 0.1) is 6.92 Å². The van der Waals surface area contributed by atoms with Crippen molar-refractivity contribution < 1.29 is 9.53 Å². The van der Waals surface area contributed by atoms with Crippen LogP contribution in [-0.2, 0) is 4.74 Å². The Hall–Kier alpha value is -3.00. The van der Waals surface area contributed by atoms with Crippen LogP contribution in [0.1, 0.15) is 16.1 Å². The topological polar surface area (TPSA) is 119 Å². The maximum absolute atomic E-state index is 12.1. The summed E-state index contributed by atoms with van der Waals surface area (Å²) in [6.07, 6.45) is 1.34. The summed E-state index contributed by atoms with van der Waals surface area (Å²) in [4.78, 5) is 28.1. The van der Waals surface area contributed by atoms with Crippen molar-refractivity contribution in [3.63, 3.8) is 0 Å². The summed E-state index contributed by atoms with van der Waals surface area (Å²) in [5, 5.41) is 2.69. The van der Waals surface area contributed by atoms with E-state index >= 15 is 0 Å². The molecule has 3 aromatic rings. The summed E-state index contributed by atoms with van der Waals surface area (Å²) in [5.41, 5.74) is 9.22. The predicted octanol–water partition coefficient (Wildman–Crippen LogP) is 1.29. The summed E-state index contributed by atoms with van der Waals surface area (Å²) in [5.74, 6) is 0.346. The van der Waals surface area contributed by atoms with Crippen LogP contribution in [0.25, 0.3) is 22.6 Å². The number of ether oxygens (including phenoxy) is 1. The molecule has 0 spiro atoms. The molecule has 0 saturated heterocycles. The van der Waals surface area contributed by atoms with Crippen LogP contribution in [0.4, 0.5) is 5.82 Å². The number of carbonyl (C=O) groups excluding carboxylic acids is 1. The number of nitrogens with one attached hydrogen (secondary N) is 2. The fraction of sp³-hybridized carbons (Fsp3) is 0.250. The van der Waals surface area contributed by atoms with Gasteiger partial charge in [0, 0.05) is 13.7 Å². The van der Waals surface area contributed by atoms with Crippen LogP contribution in [0.15, 0.2) is 24.4 Å². The Morgan fingerprint density at radius 3 is 3.00 bits per heavy atom. The van der Waals surface area contributed by atoms with Crippen LogP contribution in [0.3, 0.4) is 0 Å². The van der Waals surface area contributed by atoms with Gasteiger partial charge in [-0.05, 0) is 24.6 Å². The van der Waals surface area contributed by atoms with Gasteiger partial charge in [0.25, 0.3) is 5.91 Å². The fourth-order valence-electron chi connectivity index (χ4n) is 2.27. The molecule has 0 radical (unpaired) electrons. The number of fused-ring (bicyclic) bond motifs is 1. The number of carbonyl (C=O) groups is 1. The molecule has 8 nitrogen and oxygen atoms in total. The smallest absolute Gasteiger partial charge is 0.271 e. The lowest BCUT2D eigenvalue weighted by molar-refractivity contribution is 0.0932. The van der Waals surface area contributed by atoms with E-state index in [1.807, 2.05) is 25.1 Å². The largest absolute Gasteiger partial charge is 0.383 e. The molecule has 0 saturated carbocycles. The highest BCUT2D eigenvalue weighted by atomic mass is 16.5. The quantitative estimate of drug-likeness (QED) is 0.608. The maximum Gasteiger partial charge on any atom is 0.271 e. The van der Waals surface area contributed by atoms with E-state index in [0.29, 0.717) is 24.7 Å². The van der Waals surface area contributed by atoms with E-state index in [1.54, 1.807) is 7.11 Å². The number of imidazole rings is 1. The second-order valence-corrected chi connectivity index (χ2v) is 5.34. The van der Waals surface area contributed by atoms with Gasteiger partial charge in [-0.1, -0.05) is 6.07 Å². The molecule has 8 heteroatoms. The second kappa shape index (κ2) is 6.63. The number of nitrogens with two attached hydrogens (primary N) is 1. The summed E-state index contributed by atoms with van der Waals surface area (Å²) in [6, 6.07) is 5.87. The van der Waals surface area contributed by atoms with Gasteiger partial charge in [0.05, 0.1) is 23.8 Å². The number of aryl methyl sites for hydroxylation is 1. The van der Waals surface area contributed by atoms with Crippen molar-refractivity contribution in [3.8, 4) is 11.5 Å². The van der Waals surface area contributed by atoms with Gasteiger partial charge in [-0.25, -0.2) is 15.0 Å². The predicted molar refractivity (Wildman–Crippen MR) is 90.5 cm³/mol. The van der Waals surface area contributed by atoms with Gasteiger partial charge >= 0.3 is 0 Å². The van der Waals surface area contributed by atoms with E-state index in [-0.39, 0.29) is 17.4 Å². The summed E-state index contributed by atoms with van der Waals surface area (Å²) < 4.78 is 4.90. The Kier molecular flexibility index (Phi) is 4.39. The molecule has 1 aromatic carbocycles. The van der Waals surface area contributed by atoms with Gasteiger partial charge in [0.15, 0.2) is 11.6 Å². The molecule has 0 fully saturated rings. The minimum absolute atomic E-state index is 0.173. The first-order valence-electron chi connectivity index (χ1n) is 7.45. The molecule has 0 aliphatic rings. The number of rotatable bonds is 5. The number of nitrogen functional groups attached to an aromatic ring is 1. The van der Waals surface area contributed by atoms with Crippen molar-refractivity contribution in [2.75, 3.05) is 26.0 Å². The first-order valence-corrected chi connectivity index (χ1v) is 7.45. The van der Waals surface area contributed by atoms with Crippen LogP contribution in [-0.4, -0.2) is 46.1 Å². The molecule has 0 bridgehead atoms. The molecular formula is C16H18N6O2. The monoisotopic (exact) mass is 326 g/mol. The molecule has 24 heavy (non-hydrogen) atoms. The maximum atomic E-state index is 12.1. The minimum Gasteiger partial charge on any atom is -0.383 e. The van der Waals surface area contributed by atoms with Gasteiger partial charge in [-0.3, -0.25) is 4.79 Å². The highest BCUT2D eigenvalue weighted by Crippen LogP contribution is 2.23. The number of nitrogens with zero attached hydrogens (tertiary/aromatic N) is 3. The van der Waals surface area contributed by atoms with Crippen molar-refractivity contribution in [1.82, 2.24) is 25.3 Å². The summed E-state index contributed by atoms with van der Waals surface area (Å²) in [7, 11) is 1.57. The van der Waals surface area contributed by atoms with Crippen molar-refractivity contribution in [2.24, 2.45) is 0 Å². The Balaban J connectivity index is 1.94. The van der Waals surface area contributed by atoms with E-state index in [9.17, 15) is 4.79 Å². The lowest BCUT2D eigenvalue weighted by atomic mass is 10.2. The van der Waals surface area contributed by atoms with Crippen molar-refractivity contribution in [2.45, 2.75) is 6.92 Å². The van der Waals surface area contributed by atoms with Crippen molar-refractivity contribution >= 4 is 22.8 Å². The highest BCUT2D eigenvalue weighted by molar-refractivity contribution is 5.93. The minimum atomic E-state index is -0.340. The van der Waals surface area contributed by atoms with Crippen LogP contribution < -0.4 is 11.1 Å². The van der Waals surface area contributed by atoms with E-state index in [0.717, 1.165) is 16.6 Å². The number of methoxy groups -OCH3 is 1.